The third-order valence-corrected chi connectivity index (χ3v) is 3.78. The molecule has 1 aromatic carbocycles. The van der Waals surface area contributed by atoms with Crippen LogP contribution < -0.4 is 4.90 Å². The maximum atomic E-state index is 10.7. The van der Waals surface area contributed by atoms with E-state index in [1.807, 2.05) is 18.2 Å². The molecule has 6 heteroatoms. The van der Waals surface area contributed by atoms with Crippen LogP contribution in [0.5, 0.6) is 0 Å². The van der Waals surface area contributed by atoms with Crippen molar-refractivity contribution in [2.45, 2.75) is 6.54 Å². The van der Waals surface area contributed by atoms with Gasteiger partial charge in [0.2, 0.25) is 0 Å². The Kier molecular flexibility index (Phi) is 3.87. The average Bonchev–Trinajstić information content (AvgIpc) is 3.01. The van der Waals surface area contributed by atoms with Gasteiger partial charge in [-0.3, -0.25) is 15.0 Å². The quantitative estimate of drug-likeness (QED) is 0.638. The van der Waals surface area contributed by atoms with Crippen molar-refractivity contribution in [1.82, 2.24) is 4.90 Å². The van der Waals surface area contributed by atoms with Crippen LogP contribution in [0.1, 0.15) is 5.56 Å². The van der Waals surface area contributed by atoms with Crippen molar-refractivity contribution in [2.24, 2.45) is 0 Å². The van der Waals surface area contributed by atoms with Gasteiger partial charge in [-0.15, -0.1) is 0 Å². The van der Waals surface area contributed by atoms with E-state index in [0.717, 1.165) is 38.4 Å². The van der Waals surface area contributed by atoms with Crippen molar-refractivity contribution < 1.29 is 9.34 Å². The van der Waals surface area contributed by atoms with Crippen molar-refractivity contribution in [3.05, 3.63) is 58.5 Å². The molecule has 1 aliphatic heterocycles. The molecule has 0 unspecified atom stereocenters. The second-order valence-corrected chi connectivity index (χ2v) is 5.17. The fourth-order valence-electron chi connectivity index (χ4n) is 2.59. The molecule has 0 bridgehead atoms. The number of nitrogens with zero attached hydrogens (tertiary/aromatic N) is 3. The van der Waals surface area contributed by atoms with Gasteiger partial charge in [-0.2, -0.15) is 0 Å². The summed E-state index contributed by atoms with van der Waals surface area (Å²) in [4.78, 5) is 14.9. The highest BCUT2D eigenvalue weighted by Gasteiger charge is 2.18. The Morgan fingerprint density at radius 2 is 1.81 bits per heavy atom. The Bertz CT molecular complexity index is 587. The van der Waals surface area contributed by atoms with Crippen LogP contribution in [0, 0.1) is 10.1 Å². The molecule has 2 heterocycles. The molecule has 0 amide bonds. The highest BCUT2D eigenvalue weighted by molar-refractivity contribution is 5.51. The number of anilines is 1. The van der Waals surface area contributed by atoms with Gasteiger partial charge in [-0.1, -0.05) is 0 Å². The highest BCUT2D eigenvalue weighted by Crippen LogP contribution is 2.21. The molecule has 0 aliphatic carbocycles. The molecule has 0 N–H and O–H groups in total. The molecule has 0 radical (unpaired) electrons. The van der Waals surface area contributed by atoms with E-state index in [1.165, 1.54) is 5.56 Å². The van der Waals surface area contributed by atoms with Crippen LogP contribution in [-0.4, -0.2) is 36.0 Å². The van der Waals surface area contributed by atoms with E-state index in [4.69, 9.17) is 4.42 Å². The van der Waals surface area contributed by atoms with E-state index >= 15 is 0 Å². The topological polar surface area (TPSA) is 62.8 Å². The molecule has 21 heavy (non-hydrogen) atoms. The summed E-state index contributed by atoms with van der Waals surface area (Å²) in [5.41, 5.74) is 2.37. The minimum absolute atomic E-state index is 0.136. The SMILES string of the molecule is O=[N+]([O-])c1ccc(N2CCN(Cc3ccoc3)CC2)cc1. The molecular formula is C15H17N3O3. The second-order valence-electron chi connectivity index (χ2n) is 5.17. The number of non-ortho nitro benzene ring substituents is 1. The van der Waals surface area contributed by atoms with Crippen molar-refractivity contribution >= 4 is 11.4 Å². The third-order valence-electron chi connectivity index (χ3n) is 3.78. The van der Waals surface area contributed by atoms with Gasteiger partial charge in [-0.05, 0) is 18.2 Å². The summed E-state index contributed by atoms with van der Waals surface area (Å²) < 4.78 is 5.08. The average molecular weight is 287 g/mol. The van der Waals surface area contributed by atoms with Crippen molar-refractivity contribution in [3.8, 4) is 0 Å². The van der Waals surface area contributed by atoms with Gasteiger partial charge in [0.05, 0.1) is 17.4 Å². The number of nitro benzene ring substituents is 1. The molecule has 0 atom stereocenters. The van der Waals surface area contributed by atoms with Gasteiger partial charge < -0.3 is 9.32 Å². The van der Waals surface area contributed by atoms with Crippen LogP contribution in [0.25, 0.3) is 0 Å². The van der Waals surface area contributed by atoms with Gasteiger partial charge in [-0.25, -0.2) is 0 Å². The van der Waals surface area contributed by atoms with Crippen LogP contribution in [0.3, 0.4) is 0 Å². The van der Waals surface area contributed by atoms with Gasteiger partial charge >= 0.3 is 0 Å². The zero-order chi connectivity index (χ0) is 14.7. The second kappa shape index (κ2) is 5.97. The van der Waals surface area contributed by atoms with Crippen LogP contribution >= 0.6 is 0 Å². The van der Waals surface area contributed by atoms with E-state index in [2.05, 4.69) is 9.80 Å². The molecule has 1 saturated heterocycles. The third kappa shape index (κ3) is 3.22. The lowest BCUT2D eigenvalue weighted by Gasteiger charge is -2.35. The van der Waals surface area contributed by atoms with E-state index in [0.29, 0.717) is 0 Å². The number of hydrogen-bond acceptors (Lipinski definition) is 5. The molecule has 1 fully saturated rings. The van der Waals surface area contributed by atoms with Gasteiger partial charge in [0.1, 0.15) is 0 Å². The van der Waals surface area contributed by atoms with E-state index in [-0.39, 0.29) is 10.6 Å². The van der Waals surface area contributed by atoms with Crippen molar-refractivity contribution in [1.29, 1.82) is 0 Å². The zero-order valence-corrected chi connectivity index (χ0v) is 11.6. The van der Waals surface area contributed by atoms with E-state index < -0.39 is 0 Å². The van der Waals surface area contributed by atoms with Gasteiger partial charge in [0, 0.05) is 56.1 Å². The predicted octanol–water partition coefficient (Wildman–Crippen LogP) is 2.51. The Balaban J connectivity index is 1.56. The molecule has 1 aliphatic rings. The normalized spacial score (nSPS) is 16.1. The summed E-state index contributed by atoms with van der Waals surface area (Å²) >= 11 is 0. The zero-order valence-electron chi connectivity index (χ0n) is 11.6. The maximum absolute atomic E-state index is 10.7. The van der Waals surface area contributed by atoms with Crippen LogP contribution in [0.15, 0.2) is 47.3 Å². The first-order valence-corrected chi connectivity index (χ1v) is 6.95. The summed E-state index contributed by atoms with van der Waals surface area (Å²) in [6.45, 7) is 4.71. The van der Waals surface area contributed by atoms with Gasteiger partial charge in [0.15, 0.2) is 0 Å². The van der Waals surface area contributed by atoms with Crippen LogP contribution in [-0.2, 0) is 6.54 Å². The summed E-state index contributed by atoms with van der Waals surface area (Å²) in [7, 11) is 0. The maximum Gasteiger partial charge on any atom is 0.269 e. The minimum atomic E-state index is -0.368. The summed E-state index contributed by atoms with van der Waals surface area (Å²) in [5.74, 6) is 0. The Morgan fingerprint density at radius 1 is 1.10 bits per heavy atom. The monoisotopic (exact) mass is 287 g/mol. The minimum Gasteiger partial charge on any atom is -0.472 e. The number of rotatable bonds is 4. The molecule has 110 valence electrons. The number of nitro groups is 1. The molecule has 1 aromatic heterocycles. The fraction of sp³-hybridized carbons (Fsp3) is 0.333. The summed E-state index contributed by atoms with van der Waals surface area (Å²) in [6.07, 6.45) is 3.48. The number of piperazine rings is 1. The Labute approximate surface area is 122 Å². The van der Waals surface area contributed by atoms with Crippen LogP contribution in [0.4, 0.5) is 11.4 Å². The lowest BCUT2D eigenvalue weighted by atomic mass is 10.2. The molecule has 6 nitrogen and oxygen atoms in total. The molecule has 0 saturated carbocycles. The summed E-state index contributed by atoms with van der Waals surface area (Å²) in [6, 6.07) is 8.76. The lowest BCUT2D eigenvalue weighted by molar-refractivity contribution is -0.384. The molecule has 0 spiro atoms. The van der Waals surface area contributed by atoms with E-state index in [9.17, 15) is 10.1 Å². The number of hydrogen-bond donors (Lipinski definition) is 0. The van der Waals surface area contributed by atoms with E-state index in [1.54, 1.807) is 24.7 Å². The highest BCUT2D eigenvalue weighted by atomic mass is 16.6. The molecular weight excluding hydrogens is 270 g/mol. The number of benzene rings is 1. The Morgan fingerprint density at radius 3 is 2.38 bits per heavy atom. The fourth-order valence-corrected chi connectivity index (χ4v) is 2.59. The first kappa shape index (κ1) is 13.6. The van der Waals surface area contributed by atoms with Crippen molar-refractivity contribution in [3.63, 3.8) is 0 Å². The summed E-state index contributed by atoms with van der Waals surface area (Å²) in [5, 5.41) is 10.7. The van der Waals surface area contributed by atoms with Crippen LogP contribution in [0.2, 0.25) is 0 Å². The Hall–Kier alpha value is -2.34. The smallest absolute Gasteiger partial charge is 0.269 e. The lowest BCUT2D eigenvalue weighted by Crippen LogP contribution is -2.45. The number of furan rings is 1. The van der Waals surface area contributed by atoms with Crippen molar-refractivity contribution in [2.75, 3.05) is 31.1 Å². The molecule has 3 rings (SSSR count). The van der Waals surface area contributed by atoms with Gasteiger partial charge in [0.25, 0.3) is 5.69 Å². The predicted molar refractivity (Wildman–Crippen MR) is 79.3 cm³/mol. The first-order valence-electron chi connectivity index (χ1n) is 6.95. The standard InChI is InChI=1S/C15H17N3O3/c19-18(20)15-3-1-14(2-4-15)17-8-6-16(7-9-17)11-13-5-10-21-12-13/h1-5,10,12H,6-9,11H2. The molecule has 2 aromatic rings. The first-order chi connectivity index (χ1) is 10.2. The largest absolute Gasteiger partial charge is 0.472 e.